The number of imidazole rings is 1. The molecule has 3 heteroatoms. The second-order valence-electron chi connectivity index (χ2n) is 6.17. The van der Waals surface area contributed by atoms with Crippen molar-refractivity contribution in [1.29, 1.82) is 0 Å². The van der Waals surface area contributed by atoms with Gasteiger partial charge in [0, 0.05) is 6.04 Å². The van der Waals surface area contributed by atoms with Crippen LogP contribution in [-0.4, -0.2) is 9.55 Å². The summed E-state index contributed by atoms with van der Waals surface area (Å²) in [5.41, 5.74) is 8.76. The Morgan fingerprint density at radius 3 is 2.29 bits per heavy atom. The summed E-state index contributed by atoms with van der Waals surface area (Å²) in [7, 11) is 0. The van der Waals surface area contributed by atoms with Crippen LogP contribution in [0.3, 0.4) is 0 Å². The predicted molar refractivity (Wildman–Crippen MR) is 70.7 cm³/mol. The van der Waals surface area contributed by atoms with Crippen molar-refractivity contribution in [3.63, 3.8) is 0 Å². The van der Waals surface area contributed by atoms with E-state index in [0.717, 1.165) is 11.0 Å². The van der Waals surface area contributed by atoms with Crippen LogP contribution in [0.2, 0.25) is 0 Å². The minimum Gasteiger partial charge on any atom is -0.369 e. The Hall–Kier alpha value is -1.51. The number of nitrogens with two attached hydrogens (primary N) is 1. The van der Waals surface area contributed by atoms with Crippen LogP contribution in [0.1, 0.15) is 33.7 Å². The van der Waals surface area contributed by atoms with Gasteiger partial charge in [-0.1, -0.05) is 39.8 Å². The standard InChI is InChI=1S/C14H19N3/c1-13(2)11(14(13,3)4)17-10-8-6-5-7-9(10)16-12(17)15/h5-8,11H,1-4H3,(H2,15,16). The lowest BCUT2D eigenvalue weighted by atomic mass is 10.0. The molecule has 1 fully saturated rings. The van der Waals surface area contributed by atoms with E-state index in [2.05, 4.69) is 43.3 Å². The van der Waals surface area contributed by atoms with Gasteiger partial charge in [-0.05, 0) is 23.0 Å². The van der Waals surface area contributed by atoms with Crippen molar-refractivity contribution in [3.05, 3.63) is 24.3 Å². The molecule has 1 aromatic carbocycles. The molecular formula is C14H19N3. The summed E-state index contributed by atoms with van der Waals surface area (Å²) in [6.45, 7) is 9.19. The average molecular weight is 229 g/mol. The first-order chi connectivity index (χ1) is 7.87. The highest BCUT2D eigenvalue weighted by molar-refractivity contribution is 5.78. The zero-order chi connectivity index (χ0) is 12.4. The topological polar surface area (TPSA) is 43.8 Å². The number of benzene rings is 1. The van der Waals surface area contributed by atoms with Gasteiger partial charge in [0.25, 0.3) is 0 Å². The number of rotatable bonds is 1. The van der Waals surface area contributed by atoms with Crippen LogP contribution in [0, 0.1) is 10.8 Å². The minimum absolute atomic E-state index is 0.268. The number of para-hydroxylation sites is 2. The second kappa shape index (κ2) is 2.84. The fourth-order valence-electron chi connectivity index (χ4n) is 3.14. The first kappa shape index (κ1) is 10.6. The number of nitrogen functional groups attached to an aromatic ring is 1. The van der Waals surface area contributed by atoms with Crippen LogP contribution in [0.4, 0.5) is 5.95 Å². The molecule has 0 unspecified atom stereocenters. The fraction of sp³-hybridized carbons (Fsp3) is 0.500. The number of hydrogen-bond donors (Lipinski definition) is 1. The van der Waals surface area contributed by atoms with Crippen molar-refractivity contribution in [3.8, 4) is 0 Å². The molecule has 0 saturated heterocycles. The van der Waals surface area contributed by atoms with E-state index in [1.807, 2.05) is 18.2 Å². The average Bonchev–Trinajstić information content (AvgIpc) is 2.55. The summed E-state index contributed by atoms with van der Waals surface area (Å²) >= 11 is 0. The molecule has 0 bridgehead atoms. The lowest BCUT2D eigenvalue weighted by molar-refractivity contribution is 0.457. The zero-order valence-electron chi connectivity index (χ0n) is 10.9. The monoisotopic (exact) mass is 229 g/mol. The Balaban J connectivity index is 2.23. The van der Waals surface area contributed by atoms with Gasteiger partial charge in [0.05, 0.1) is 11.0 Å². The summed E-state index contributed by atoms with van der Waals surface area (Å²) in [4.78, 5) is 4.45. The largest absolute Gasteiger partial charge is 0.369 e. The van der Waals surface area contributed by atoms with Crippen molar-refractivity contribution >= 4 is 17.0 Å². The molecule has 17 heavy (non-hydrogen) atoms. The normalized spacial score (nSPS) is 21.9. The first-order valence-corrected chi connectivity index (χ1v) is 6.10. The molecule has 1 aromatic heterocycles. The van der Waals surface area contributed by atoms with E-state index in [1.54, 1.807) is 0 Å². The quantitative estimate of drug-likeness (QED) is 0.816. The highest BCUT2D eigenvalue weighted by atomic mass is 15.2. The highest BCUT2D eigenvalue weighted by Crippen LogP contribution is 2.72. The molecule has 0 radical (unpaired) electrons. The number of hydrogen-bond acceptors (Lipinski definition) is 2. The third-order valence-corrected chi connectivity index (χ3v) is 4.83. The third kappa shape index (κ3) is 1.14. The molecule has 1 aliphatic rings. The summed E-state index contributed by atoms with van der Waals surface area (Å²) in [6.07, 6.45) is 0. The SMILES string of the molecule is CC1(C)C(n2c(N)nc3ccccc32)C1(C)C. The van der Waals surface area contributed by atoms with E-state index in [9.17, 15) is 0 Å². The molecule has 0 aliphatic heterocycles. The van der Waals surface area contributed by atoms with Crippen LogP contribution in [0.25, 0.3) is 11.0 Å². The summed E-state index contributed by atoms with van der Waals surface area (Å²) in [6, 6.07) is 8.60. The Morgan fingerprint density at radius 1 is 1.12 bits per heavy atom. The molecule has 90 valence electrons. The minimum atomic E-state index is 0.268. The van der Waals surface area contributed by atoms with E-state index < -0.39 is 0 Å². The van der Waals surface area contributed by atoms with Crippen LogP contribution in [0.15, 0.2) is 24.3 Å². The van der Waals surface area contributed by atoms with E-state index in [4.69, 9.17) is 5.73 Å². The highest BCUT2D eigenvalue weighted by Gasteiger charge is 2.66. The number of aromatic nitrogens is 2. The number of nitrogens with zero attached hydrogens (tertiary/aromatic N) is 2. The van der Waals surface area contributed by atoms with Gasteiger partial charge in [0.15, 0.2) is 0 Å². The lowest BCUT2D eigenvalue weighted by Crippen LogP contribution is -2.05. The van der Waals surface area contributed by atoms with Crippen LogP contribution in [-0.2, 0) is 0 Å². The van der Waals surface area contributed by atoms with Gasteiger partial charge >= 0.3 is 0 Å². The molecule has 1 saturated carbocycles. The van der Waals surface area contributed by atoms with E-state index in [-0.39, 0.29) is 10.8 Å². The number of fused-ring (bicyclic) bond motifs is 1. The molecule has 1 aliphatic carbocycles. The Bertz CT molecular complexity index is 579. The fourth-order valence-corrected chi connectivity index (χ4v) is 3.14. The van der Waals surface area contributed by atoms with E-state index in [1.165, 1.54) is 0 Å². The Morgan fingerprint density at radius 2 is 1.71 bits per heavy atom. The van der Waals surface area contributed by atoms with Gasteiger partial charge in [0.1, 0.15) is 0 Å². The maximum Gasteiger partial charge on any atom is 0.201 e. The van der Waals surface area contributed by atoms with Crippen molar-refractivity contribution in [2.75, 3.05) is 5.73 Å². The van der Waals surface area contributed by atoms with Gasteiger partial charge in [0.2, 0.25) is 5.95 Å². The Kier molecular flexibility index (Phi) is 1.77. The molecule has 0 spiro atoms. The van der Waals surface area contributed by atoms with Gasteiger partial charge in [-0.2, -0.15) is 0 Å². The molecule has 3 nitrogen and oxygen atoms in total. The van der Waals surface area contributed by atoms with Gasteiger partial charge in [-0.25, -0.2) is 4.98 Å². The second-order valence-corrected chi connectivity index (χ2v) is 6.17. The van der Waals surface area contributed by atoms with Crippen molar-refractivity contribution in [1.82, 2.24) is 9.55 Å². The van der Waals surface area contributed by atoms with Crippen LogP contribution in [0.5, 0.6) is 0 Å². The van der Waals surface area contributed by atoms with Crippen molar-refractivity contribution in [2.45, 2.75) is 33.7 Å². The molecule has 3 rings (SSSR count). The molecule has 1 heterocycles. The maximum atomic E-state index is 6.09. The maximum absolute atomic E-state index is 6.09. The summed E-state index contributed by atoms with van der Waals surface area (Å²) in [5.74, 6) is 0.634. The van der Waals surface area contributed by atoms with Gasteiger partial charge < -0.3 is 10.3 Å². The third-order valence-electron chi connectivity index (χ3n) is 4.83. The molecular weight excluding hydrogens is 210 g/mol. The Labute approximate surface area is 102 Å². The van der Waals surface area contributed by atoms with Crippen LogP contribution < -0.4 is 5.73 Å². The molecule has 2 N–H and O–H groups in total. The predicted octanol–water partition coefficient (Wildman–Crippen LogP) is 3.23. The van der Waals surface area contributed by atoms with Gasteiger partial charge in [-0.15, -0.1) is 0 Å². The van der Waals surface area contributed by atoms with Gasteiger partial charge in [-0.3, -0.25) is 0 Å². The molecule has 0 atom stereocenters. The van der Waals surface area contributed by atoms with E-state index >= 15 is 0 Å². The molecule has 2 aromatic rings. The van der Waals surface area contributed by atoms with Crippen molar-refractivity contribution in [2.24, 2.45) is 10.8 Å². The summed E-state index contributed by atoms with van der Waals surface area (Å²) in [5, 5.41) is 0. The van der Waals surface area contributed by atoms with Crippen LogP contribution >= 0.6 is 0 Å². The smallest absolute Gasteiger partial charge is 0.201 e. The summed E-state index contributed by atoms with van der Waals surface area (Å²) < 4.78 is 2.20. The van der Waals surface area contributed by atoms with Crippen molar-refractivity contribution < 1.29 is 0 Å². The molecule has 0 amide bonds. The zero-order valence-corrected chi connectivity index (χ0v) is 10.9. The number of anilines is 1. The lowest BCUT2D eigenvalue weighted by Gasteiger charge is -2.08. The van der Waals surface area contributed by atoms with E-state index in [0.29, 0.717) is 12.0 Å². The first-order valence-electron chi connectivity index (χ1n) is 6.10.